The fraction of sp³-hybridized carbons (Fsp3) is 0.450. The van der Waals surface area contributed by atoms with E-state index in [1.54, 1.807) is 11.7 Å². The van der Waals surface area contributed by atoms with Gasteiger partial charge in [0.1, 0.15) is 0 Å². The lowest BCUT2D eigenvalue weighted by molar-refractivity contribution is 0.196. The van der Waals surface area contributed by atoms with E-state index >= 15 is 0 Å². The van der Waals surface area contributed by atoms with Gasteiger partial charge in [0.25, 0.3) is 5.56 Å². The second kappa shape index (κ2) is 7.62. The summed E-state index contributed by atoms with van der Waals surface area (Å²) in [5.41, 5.74) is 1.79. The zero-order chi connectivity index (χ0) is 18.8. The molecule has 1 aliphatic rings. The van der Waals surface area contributed by atoms with Crippen LogP contribution in [0.1, 0.15) is 36.2 Å². The predicted octanol–water partition coefficient (Wildman–Crippen LogP) is 2.45. The fourth-order valence-corrected chi connectivity index (χ4v) is 3.81. The second-order valence-corrected chi connectivity index (χ2v) is 7.01. The molecule has 0 unspecified atom stereocenters. The van der Waals surface area contributed by atoms with Crippen LogP contribution in [0.3, 0.4) is 0 Å². The summed E-state index contributed by atoms with van der Waals surface area (Å²) in [6.45, 7) is 2.06. The second-order valence-electron chi connectivity index (χ2n) is 7.01. The van der Waals surface area contributed by atoms with Crippen LogP contribution in [-0.4, -0.2) is 39.9 Å². The van der Waals surface area contributed by atoms with Crippen molar-refractivity contribution in [1.29, 1.82) is 0 Å². The zero-order valence-electron chi connectivity index (χ0n) is 15.7. The van der Waals surface area contributed by atoms with Crippen LogP contribution >= 0.6 is 0 Å². The highest BCUT2D eigenvalue weighted by molar-refractivity contribution is 5.79. The Morgan fingerprint density at radius 2 is 2.19 bits per heavy atom. The van der Waals surface area contributed by atoms with Gasteiger partial charge in [-0.2, -0.15) is 4.98 Å². The van der Waals surface area contributed by atoms with Gasteiger partial charge in [-0.25, -0.2) is 0 Å². The summed E-state index contributed by atoms with van der Waals surface area (Å²) in [7, 11) is 3.49. The molecule has 1 saturated heterocycles. The lowest BCUT2D eigenvalue weighted by atomic mass is 10.1. The SMILES string of the molecule is COCCc1noc([C@@H]2CCCN2Cc2cc3ccccc3n(C)c2=O)n1. The molecule has 0 saturated carbocycles. The van der Waals surface area contributed by atoms with Crippen LogP contribution in [0.15, 0.2) is 39.6 Å². The van der Waals surface area contributed by atoms with Crippen molar-refractivity contribution in [2.45, 2.75) is 31.8 Å². The number of methoxy groups -OCH3 is 1. The molecule has 0 bridgehead atoms. The van der Waals surface area contributed by atoms with Crippen molar-refractivity contribution >= 4 is 10.9 Å². The van der Waals surface area contributed by atoms with Crippen molar-refractivity contribution in [3.8, 4) is 0 Å². The number of para-hydroxylation sites is 1. The van der Waals surface area contributed by atoms with Gasteiger partial charge < -0.3 is 13.8 Å². The number of rotatable bonds is 6. The van der Waals surface area contributed by atoms with E-state index in [1.165, 1.54) is 0 Å². The molecule has 3 heterocycles. The Kier molecular flexibility index (Phi) is 5.05. The van der Waals surface area contributed by atoms with E-state index in [0.29, 0.717) is 31.3 Å². The molecule has 0 spiro atoms. The maximum Gasteiger partial charge on any atom is 0.255 e. The topological polar surface area (TPSA) is 73.4 Å². The molecular formula is C20H24N4O3. The summed E-state index contributed by atoms with van der Waals surface area (Å²) in [5.74, 6) is 1.30. The largest absolute Gasteiger partial charge is 0.384 e. The maximum absolute atomic E-state index is 12.8. The monoisotopic (exact) mass is 368 g/mol. The van der Waals surface area contributed by atoms with Gasteiger partial charge in [0.05, 0.1) is 18.2 Å². The first kappa shape index (κ1) is 17.9. The van der Waals surface area contributed by atoms with Gasteiger partial charge in [-0.3, -0.25) is 9.69 Å². The molecule has 1 aromatic carbocycles. The zero-order valence-corrected chi connectivity index (χ0v) is 15.7. The van der Waals surface area contributed by atoms with Gasteiger partial charge >= 0.3 is 0 Å². The molecule has 3 aromatic rings. The predicted molar refractivity (Wildman–Crippen MR) is 101 cm³/mol. The van der Waals surface area contributed by atoms with E-state index in [2.05, 4.69) is 15.0 Å². The van der Waals surface area contributed by atoms with Crippen molar-refractivity contribution in [1.82, 2.24) is 19.6 Å². The lowest BCUT2D eigenvalue weighted by Gasteiger charge is -2.21. The number of hydrogen-bond acceptors (Lipinski definition) is 6. The summed E-state index contributed by atoms with van der Waals surface area (Å²) < 4.78 is 12.3. The van der Waals surface area contributed by atoms with Crippen molar-refractivity contribution in [2.24, 2.45) is 7.05 Å². The number of hydrogen-bond donors (Lipinski definition) is 0. The molecule has 1 aliphatic heterocycles. The first-order valence-electron chi connectivity index (χ1n) is 9.30. The Balaban J connectivity index is 1.58. The standard InChI is InChI=1S/C20H24N4O3/c1-23-16-7-4-3-6-14(16)12-15(20(23)25)13-24-10-5-8-17(24)19-21-18(22-27-19)9-11-26-2/h3-4,6-7,12,17H,5,8-11,13H2,1-2H3/t17-/m0/s1. The number of pyridine rings is 1. The molecule has 1 atom stereocenters. The Morgan fingerprint density at radius 1 is 1.33 bits per heavy atom. The minimum absolute atomic E-state index is 0.0469. The molecular weight excluding hydrogens is 344 g/mol. The number of aryl methyl sites for hydroxylation is 1. The number of benzene rings is 1. The molecule has 0 aliphatic carbocycles. The summed E-state index contributed by atoms with van der Waals surface area (Å²) >= 11 is 0. The third-order valence-corrected chi connectivity index (χ3v) is 5.24. The molecule has 7 nitrogen and oxygen atoms in total. The van der Waals surface area contributed by atoms with E-state index in [0.717, 1.165) is 35.9 Å². The number of fused-ring (bicyclic) bond motifs is 1. The quantitative estimate of drug-likeness (QED) is 0.665. The number of aromatic nitrogens is 3. The highest BCUT2D eigenvalue weighted by atomic mass is 16.5. The molecule has 0 amide bonds. The van der Waals surface area contributed by atoms with Gasteiger partial charge in [-0.1, -0.05) is 23.4 Å². The fourth-order valence-electron chi connectivity index (χ4n) is 3.81. The van der Waals surface area contributed by atoms with Crippen LogP contribution in [0.4, 0.5) is 0 Å². The minimum atomic E-state index is 0.0469. The molecule has 1 fully saturated rings. The summed E-state index contributed by atoms with van der Waals surface area (Å²) in [4.78, 5) is 19.6. The molecule has 4 rings (SSSR count). The minimum Gasteiger partial charge on any atom is -0.384 e. The van der Waals surface area contributed by atoms with Crippen LogP contribution < -0.4 is 5.56 Å². The van der Waals surface area contributed by atoms with E-state index < -0.39 is 0 Å². The van der Waals surface area contributed by atoms with E-state index in [1.807, 2.05) is 37.4 Å². The van der Waals surface area contributed by atoms with Crippen molar-refractivity contribution < 1.29 is 9.26 Å². The summed E-state index contributed by atoms with van der Waals surface area (Å²) in [6, 6.07) is 10.0. The van der Waals surface area contributed by atoms with Crippen molar-refractivity contribution in [3.63, 3.8) is 0 Å². The van der Waals surface area contributed by atoms with Gasteiger partial charge in [0.15, 0.2) is 5.82 Å². The smallest absolute Gasteiger partial charge is 0.255 e. The lowest BCUT2D eigenvalue weighted by Crippen LogP contribution is -2.29. The molecule has 2 aromatic heterocycles. The van der Waals surface area contributed by atoms with Gasteiger partial charge in [-0.05, 0) is 36.9 Å². The molecule has 7 heteroatoms. The van der Waals surface area contributed by atoms with Crippen LogP contribution in [0.2, 0.25) is 0 Å². The van der Waals surface area contributed by atoms with E-state index in [-0.39, 0.29) is 11.6 Å². The normalized spacial score (nSPS) is 17.8. The molecule has 0 N–H and O–H groups in total. The summed E-state index contributed by atoms with van der Waals surface area (Å²) in [5, 5.41) is 5.13. The molecule has 0 radical (unpaired) electrons. The van der Waals surface area contributed by atoms with Crippen LogP contribution in [0.25, 0.3) is 10.9 Å². The van der Waals surface area contributed by atoms with E-state index in [4.69, 9.17) is 9.26 Å². The Morgan fingerprint density at radius 3 is 3.04 bits per heavy atom. The van der Waals surface area contributed by atoms with Crippen LogP contribution in [0.5, 0.6) is 0 Å². The third-order valence-electron chi connectivity index (χ3n) is 5.24. The van der Waals surface area contributed by atoms with Crippen LogP contribution in [0, 0.1) is 0 Å². The number of ether oxygens (including phenoxy) is 1. The number of nitrogens with zero attached hydrogens (tertiary/aromatic N) is 4. The number of likely N-dealkylation sites (tertiary alicyclic amines) is 1. The van der Waals surface area contributed by atoms with Gasteiger partial charge in [0, 0.05) is 32.7 Å². The van der Waals surface area contributed by atoms with Gasteiger partial charge in [0.2, 0.25) is 5.89 Å². The van der Waals surface area contributed by atoms with Crippen molar-refractivity contribution in [2.75, 3.05) is 20.3 Å². The average Bonchev–Trinajstić information content (AvgIpc) is 3.33. The Labute approximate surface area is 157 Å². The van der Waals surface area contributed by atoms with E-state index in [9.17, 15) is 4.79 Å². The Hall–Kier alpha value is -2.51. The summed E-state index contributed by atoms with van der Waals surface area (Å²) in [6.07, 6.45) is 2.64. The van der Waals surface area contributed by atoms with Crippen molar-refractivity contribution in [3.05, 3.63) is 58.0 Å². The highest BCUT2D eigenvalue weighted by Crippen LogP contribution is 2.32. The third kappa shape index (κ3) is 3.52. The average molecular weight is 368 g/mol. The highest BCUT2D eigenvalue weighted by Gasteiger charge is 2.31. The first-order valence-corrected chi connectivity index (χ1v) is 9.30. The van der Waals surface area contributed by atoms with Crippen LogP contribution in [-0.2, 0) is 24.8 Å². The Bertz CT molecular complexity index is 994. The van der Waals surface area contributed by atoms with Gasteiger partial charge in [-0.15, -0.1) is 0 Å². The molecule has 27 heavy (non-hydrogen) atoms. The maximum atomic E-state index is 12.8. The molecule has 142 valence electrons. The first-order chi connectivity index (χ1) is 13.2.